The van der Waals surface area contributed by atoms with Crippen LogP contribution in [0.15, 0.2) is 47.4 Å². The number of nitrogens with one attached hydrogen (secondary N) is 1. The van der Waals surface area contributed by atoms with Crippen LogP contribution in [-0.4, -0.2) is 57.4 Å². The van der Waals surface area contributed by atoms with Crippen LogP contribution in [0, 0.1) is 0 Å². The van der Waals surface area contributed by atoms with Crippen molar-refractivity contribution in [2.75, 3.05) is 43.1 Å². The van der Waals surface area contributed by atoms with Gasteiger partial charge < -0.3 is 19.7 Å². The van der Waals surface area contributed by atoms with E-state index in [0.29, 0.717) is 36.8 Å². The van der Waals surface area contributed by atoms with Crippen molar-refractivity contribution in [2.45, 2.75) is 31.1 Å². The number of carbonyl (C=O) groups excluding carboxylic acids is 2. The van der Waals surface area contributed by atoms with Crippen LogP contribution < -0.4 is 19.7 Å². The van der Waals surface area contributed by atoms with E-state index in [1.54, 1.807) is 37.3 Å². The van der Waals surface area contributed by atoms with E-state index in [9.17, 15) is 18.0 Å². The highest BCUT2D eigenvalue weighted by Crippen LogP contribution is 2.33. The molecular weight excluding hydrogens is 446 g/mol. The molecule has 2 heterocycles. The number of amides is 2. The van der Waals surface area contributed by atoms with E-state index in [1.165, 1.54) is 15.3 Å². The summed E-state index contributed by atoms with van der Waals surface area (Å²) in [6.07, 6.45) is 1.69. The zero-order valence-corrected chi connectivity index (χ0v) is 19.3. The van der Waals surface area contributed by atoms with Gasteiger partial charge >= 0.3 is 0 Å². The molecule has 176 valence electrons. The van der Waals surface area contributed by atoms with Crippen LogP contribution in [0.25, 0.3) is 0 Å². The smallest absolute Gasteiger partial charge is 0.265 e. The molecule has 0 saturated carbocycles. The maximum Gasteiger partial charge on any atom is 0.265 e. The number of carbonyl (C=O) groups is 2. The monoisotopic (exact) mass is 473 g/mol. The van der Waals surface area contributed by atoms with Gasteiger partial charge in [0.15, 0.2) is 6.61 Å². The molecule has 0 unspecified atom stereocenters. The predicted octanol–water partition coefficient (Wildman–Crippen LogP) is 2.62. The molecule has 0 spiro atoms. The van der Waals surface area contributed by atoms with E-state index in [1.807, 2.05) is 6.07 Å². The standard InChI is InChI=1S/C23H27N3O6S/c1-2-31-20-10-9-17(15-21(20)33(29,30)25-12-5-6-13-25)24-22(27)11-14-26-18-7-3-4-8-19(18)32-16-23(26)28/h3-4,7-10,15H,2,5-6,11-14,16H2,1H3,(H,24,27). The number of benzene rings is 2. The highest BCUT2D eigenvalue weighted by Gasteiger charge is 2.30. The van der Waals surface area contributed by atoms with Gasteiger partial charge in [-0.3, -0.25) is 9.59 Å². The highest BCUT2D eigenvalue weighted by atomic mass is 32.2. The predicted molar refractivity (Wildman–Crippen MR) is 123 cm³/mol. The van der Waals surface area contributed by atoms with Crippen molar-refractivity contribution in [2.24, 2.45) is 0 Å². The summed E-state index contributed by atoms with van der Waals surface area (Å²) >= 11 is 0. The van der Waals surface area contributed by atoms with Crippen LogP contribution >= 0.6 is 0 Å². The number of ether oxygens (including phenoxy) is 2. The minimum atomic E-state index is -3.73. The minimum Gasteiger partial charge on any atom is -0.492 e. The van der Waals surface area contributed by atoms with Crippen LogP contribution in [0.2, 0.25) is 0 Å². The minimum absolute atomic E-state index is 0.0429. The molecule has 0 bridgehead atoms. The summed E-state index contributed by atoms with van der Waals surface area (Å²) in [5.41, 5.74) is 0.983. The Hall–Kier alpha value is -3.11. The van der Waals surface area contributed by atoms with E-state index in [2.05, 4.69) is 5.32 Å². The molecule has 1 fully saturated rings. The Morgan fingerprint density at radius 1 is 1.15 bits per heavy atom. The molecule has 0 atom stereocenters. The fourth-order valence-corrected chi connectivity index (χ4v) is 5.64. The number of nitrogens with zero attached hydrogens (tertiary/aromatic N) is 2. The van der Waals surface area contributed by atoms with Gasteiger partial charge in [0.1, 0.15) is 16.4 Å². The molecule has 1 saturated heterocycles. The highest BCUT2D eigenvalue weighted by molar-refractivity contribution is 7.89. The topological polar surface area (TPSA) is 105 Å². The first-order valence-electron chi connectivity index (χ1n) is 11.0. The molecule has 2 aromatic rings. The summed E-state index contributed by atoms with van der Waals surface area (Å²) in [5.74, 6) is 0.306. The van der Waals surface area contributed by atoms with Gasteiger partial charge in [-0.1, -0.05) is 12.1 Å². The zero-order chi connectivity index (χ0) is 23.4. The molecule has 0 radical (unpaired) electrons. The Kier molecular flexibility index (Phi) is 6.85. The van der Waals surface area contributed by atoms with Gasteiger partial charge in [-0.15, -0.1) is 0 Å². The first-order chi connectivity index (χ1) is 15.9. The third-order valence-electron chi connectivity index (χ3n) is 5.58. The molecule has 10 heteroatoms. The zero-order valence-electron chi connectivity index (χ0n) is 18.5. The molecule has 0 aromatic heterocycles. The van der Waals surface area contributed by atoms with Gasteiger partial charge in [0.05, 0.1) is 12.3 Å². The number of fused-ring (bicyclic) bond motifs is 1. The number of sulfonamides is 1. The average molecular weight is 474 g/mol. The molecular formula is C23H27N3O6S. The normalized spacial score (nSPS) is 16.3. The molecule has 0 aliphatic carbocycles. The molecule has 2 amide bonds. The summed E-state index contributed by atoms with van der Waals surface area (Å²) in [6.45, 7) is 3.16. The number of rotatable bonds is 8. The van der Waals surface area contributed by atoms with Gasteiger partial charge in [-0.25, -0.2) is 8.42 Å². The lowest BCUT2D eigenvalue weighted by atomic mass is 10.2. The molecule has 1 N–H and O–H groups in total. The Morgan fingerprint density at radius 2 is 1.91 bits per heavy atom. The fourth-order valence-electron chi connectivity index (χ4n) is 3.97. The van der Waals surface area contributed by atoms with Gasteiger partial charge in [0.2, 0.25) is 15.9 Å². The first kappa shape index (κ1) is 23.1. The Balaban J connectivity index is 1.48. The van der Waals surface area contributed by atoms with Crippen molar-refractivity contribution in [3.63, 3.8) is 0 Å². The molecule has 2 aliphatic rings. The van der Waals surface area contributed by atoms with Crippen molar-refractivity contribution >= 4 is 33.2 Å². The van der Waals surface area contributed by atoms with Gasteiger partial charge in [-0.2, -0.15) is 4.31 Å². The third kappa shape index (κ3) is 4.96. The summed E-state index contributed by atoms with van der Waals surface area (Å²) in [7, 11) is -3.73. The van der Waals surface area contributed by atoms with Crippen molar-refractivity contribution in [1.29, 1.82) is 0 Å². The van der Waals surface area contributed by atoms with Crippen LogP contribution in [-0.2, 0) is 19.6 Å². The quantitative estimate of drug-likeness (QED) is 0.632. The second-order valence-electron chi connectivity index (χ2n) is 7.81. The number of hydrogen-bond donors (Lipinski definition) is 1. The first-order valence-corrected chi connectivity index (χ1v) is 12.4. The Morgan fingerprint density at radius 3 is 2.67 bits per heavy atom. The van der Waals surface area contributed by atoms with E-state index in [0.717, 1.165) is 12.8 Å². The van der Waals surface area contributed by atoms with Crippen molar-refractivity contribution in [3.05, 3.63) is 42.5 Å². The van der Waals surface area contributed by atoms with Crippen LogP contribution in [0.5, 0.6) is 11.5 Å². The number of para-hydroxylation sites is 2. The lowest BCUT2D eigenvalue weighted by Gasteiger charge is -2.29. The van der Waals surface area contributed by atoms with Gasteiger partial charge in [-0.05, 0) is 50.1 Å². The van der Waals surface area contributed by atoms with Gasteiger partial charge in [0.25, 0.3) is 5.91 Å². The van der Waals surface area contributed by atoms with Crippen LogP contribution in [0.3, 0.4) is 0 Å². The number of hydrogen-bond acceptors (Lipinski definition) is 6. The van der Waals surface area contributed by atoms with Crippen molar-refractivity contribution in [3.8, 4) is 11.5 Å². The third-order valence-corrected chi connectivity index (χ3v) is 7.50. The Labute approximate surface area is 193 Å². The van der Waals surface area contributed by atoms with E-state index in [-0.39, 0.29) is 42.0 Å². The van der Waals surface area contributed by atoms with Crippen molar-refractivity contribution in [1.82, 2.24) is 4.31 Å². The SMILES string of the molecule is CCOc1ccc(NC(=O)CCN2C(=O)COc3ccccc32)cc1S(=O)(=O)N1CCCC1. The van der Waals surface area contributed by atoms with Crippen LogP contribution in [0.4, 0.5) is 11.4 Å². The van der Waals surface area contributed by atoms with E-state index < -0.39 is 10.0 Å². The number of anilines is 2. The lowest BCUT2D eigenvalue weighted by Crippen LogP contribution is -2.40. The maximum atomic E-state index is 13.1. The van der Waals surface area contributed by atoms with Crippen LogP contribution in [0.1, 0.15) is 26.2 Å². The summed E-state index contributed by atoms with van der Waals surface area (Å²) in [5, 5.41) is 2.75. The maximum absolute atomic E-state index is 13.1. The Bertz CT molecular complexity index is 1140. The largest absolute Gasteiger partial charge is 0.492 e. The summed E-state index contributed by atoms with van der Waals surface area (Å²) < 4.78 is 38.7. The second-order valence-corrected chi connectivity index (χ2v) is 9.71. The summed E-state index contributed by atoms with van der Waals surface area (Å²) in [4.78, 5) is 26.5. The van der Waals surface area contributed by atoms with E-state index >= 15 is 0 Å². The van der Waals surface area contributed by atoms with E-state index in [4.69, 9.17) is 9.47 Å². The van der Waals surface area contributed by atoms with Gasteiger partial charge in [0, 0.05) is 31.7 Å². The molecule has 9 nitrogen and oxygen atoms in total. The fraction of sp³-hybridized carbons (Fsp3) is 0.391. The lowest BCUT2D eigenvalue weighted by molar-refractivity contribution is -0.121. The summed E-state index contributed by atoms with van der Waals surface area (Å²) in [6, 6.07) is 11.8. The van der Waals surface area contributed by atoms with Crippen molar-refractivity contribution < 1.29 is 27.5 Å². The molecule has 4 rings (SSSR count). The average Bonchev–Trinajstić information content (AvgIpc) is 3.35. The second kappa shape index (κ2) is 9.80. The molecule has 2 aliphatic heterocycles. The molecule has 33 heavy (non-hydrogen) atoms. The molecule has 2 aromatic carbocycles.